The molecule has 0 radical (unpaired) electrons. The fourth-order valence-electron chi connectivity index (χ4n) is 1.09. The number of carbonyl (C=O) groups is 1. The lowest BCUT2D eigenvalue weighted by atomic mass is 10.1. The summed E-state index contributed by atoms with van der Waals surface area (Å²) in [5.41, 5.74) is 1.98. The van der Waals surface area contributed by atoms with Gasteiger partial charge >= 0.3 is 6.16 Å². The quantitative estimate of drug-likeness (QED) is 0.514. The van der Waals surface area contributed by atoms with Gasteiger partial charge in [0.1, 0.15) is 5.75 Å². The SMILES string of the molecule is Cc1cc(C)cc(OC(=O)O)c1. The van der Waals surface area contributed by atoms with Crippen LogP contribution in [-0.4, -0.2) is 11.3 Å². The Morgan fingerprint density at radius 2 is 1.75 bits per heavy atom. The smallest absolute Gasteiger partial charge is 0.449 e. The topological polar surface area (TPSA) is 46.5 Å². The molecule has 0 saturated heterocycles. The highest BCUT2D eigenvalue weighted by Crippen LogP contribution is 2.15. The molecule has 0 unspecified atom stereocenters. The van der Waals surface area contributed by atoms with Gasteiger partial charge in [-0.15, -0.1) is 0 Å². The number of ether oxygens (including phenoxy) is 1. The van der Waals surface area contributed by atoms with Crippen LogP contribution in [0.2, 0.25) is 0 Å². The van der Waals surface area contributed by atoms with Crippen molar-refractivity contribution in [1.82, 2.24) is 0 Å². The molecular formula is C9H10O3. The minimum Gasteiger partial charge on any atom is -0.449 e. The first-order valence-electron chi connectivity index (χ1n) is 3.57. The average molecular weight is 166 g/mol. The van der Waals surface area contributed by atoms with E-state index < -0.39 is 6.16 Å². The maximum atomic E-state index is 10.2. The van der Waals surface area contributed by atoms with E-state index in [-0.39, 0.29) is 0 Å². The molecule has 64 valence electrons. The molecule has 1 aromatic rings. The normalized spacial score (nSPS) is 9.50. The summed E-state index contributed by atoms with van der Waals surface area (Å²) in [4.78, 5) is 10.2. The van der Waals surface area contributed by atoms with Crippen LogP contribution < -0.4 is 4.74 Å². The lowest BCUT2D eigenvalue weighted by Gasteiger charge is -2.02. The van der Waals surface area contributed by atoms with Crippen molar-refractivity contribution in [3.8, 4) is 5.75 Å². The van der Waals surface area contributed by atoms with E-state index >= 15 is 0 Å². The van der Waals surface area contributed by atoms with Crippen LogP contribution >= 0.6 is 0 Å². The first kappa shape index (κ1) is 8.59. The molecule has 0 heterocycles. The van der Waals surface area contributed by atoms with Gasteiger partial charge < -0.3 is 9.84 Å². The zero-order valence-electron chi connectivity index (χ0n) is 7.00. The zero-order valence-corrected chi connectivity index (χ0v) is 7.00. The van der Waals surface area contributed by atoms with E-state index in [2.05, 4.69) is 4.74 Å². The molecule has 3 heteroatoms. The van der Waals surface area contributed by atoms with Crippen molar-refractivity contribution >= 4 is 6.16 Å². The monoisotopic (exact) mass is 166 g/mol. The molecule has 0 atom stereocenters. The first-order chi connectivity index (χ1) is 5.58. The van der Waals surface area contributed by atoms with Crippen molar-refractivity contribution in [2.75, 3.05) is 0 Å². The van der Waals surface area contributed by atoms with Crippen molar-refractivity contribution in [1.29, 1.82) is 0 Å². The molecule has 1 aromatic carbocycles. The van der Waals surface area contributed by atoms with Crippen LogP contribution in [0.5, 0.6) is 5.75 Å². The summed E-state index contributed by atoms with van der Waals surface area (Å²) in [7, 11) is 0. The number of carboxylic acid groups (broad SMARTS) is 1. The summed E-state index contributed by atoms with van der Waals surface area (Å²) in [6.07, 6.45) is -1.28. The second-order valence-electron chi connectivity index (χ2n) is 2.69. The molecule has 1 N–H and O–H groups in total. The predicted octanol–water partition coefficient (Wildman–Crippen LogP) is 2.36. The Bertz CT molecular complexity index is 284. The van der Waals surface area contributed by atoms with Gasteiger partial charge in [-0.25, -0.2) is 4.79 Å². The van der Waals surface area contributed by atoms with E-state index in [9.17, 15) is 4.79 Å². The average Bonchev–Trinajstić information content (AvgIpc) is 1.81. The van der Waals surface area contributed by atoms with E-state index in [0.29, 0.717) is 5.75 Å². The molecule has 0 amide bonds. The van der Waals surface area contributed by atoms with Crippen LogP contribution in [0.1, 0.15) is 11.1 Å². The Labute approximate surface area is 70.6 Å². The Balaban J connectivity index is 2.93. The molecule has 0 bridgehead atoms. The predicted molar refractivity (Wildman–Crippen MR) is 44.6 cm³/mol. The largest absolute Gasteiger partial charge is 0.511 e. The zero-order chi connectivity index (χ0) is 9.14. The standard InChI is InChI=1S/C9H10O3/c1-6-3-7(2)5-8(4-6)12-9(10)11/h3-5H,1-2H3,(H,10,11). The summed E-state index contributed by atoms with van der Waals surface area (Å²) >= 11 is 0. The molecule has 0 aromatic heterocycles. The number of hydrogen-bond donors (Lipinski definition) is 1. The fraction of sp³-hybridized carbons (Fsp3) is 0.222. The summed E-state index contributed by atoms with van der Waals surface area (Å²) in [5, 5.41) is 8.33. The molecule has 1 rings (SSSR count). The molecular weight excluding hydrogens is 156 g/mol. The van der Waals surface area contributed by atoms with E-state index in [4.69, 9.17) is 5.11 Å². The third-order valence-corrected chi connectivity index (χ3v) is 1.40. The van der Waals surface area contributed by atoms with Gasteiger partial charge in [0.15, 0.2) is 0 Å². The molecule has 12 heavy (non-hydrogen) atoms. The number of benzene rings is 1. The van der Waals surface area contributed by atoms with Gasteiger partial charge in [0.25, 0.3) is 0 Å². The molecule has 0 aliphatic heterocycles. The van der Waals surface area contributed by atoms with Crippen LogP contribution in [-0.2, 0) is 0 Å². The Kier molecular flexibility index (Phi) is 2.33. The van der Waals surface area contributed by atoms with Crippen LogP contribution in [0.3, 0.4) is 0 Å². The maximum Gasteiger partial charge on any atom is 0.511 e. The fourth-order valence-corrected chi connectivity index (χ4v) is 1.09. The first-order valence-corrected chi connectivity index (χ1v) is 3.57. The lowest BCUT2D eigenvalue weighted by Crippen LogP contribution is -2.03. The van der Waals surface area contributed by atoms with Crippen molar-refractivity contribution in [3.63, 3.8) is 0 Å². The Morgan fingerprint density at radius 3 is 2.17 bits per heavy atom. The van der Waals surface area contributed by atoms with Crippen LogP contribution in [0, 0.1) is 13.8 Å². The van der Waals surface area contributed by atoms with Gasteiger partial charge in [-0.05, 0) is 37.1 Å². The summed E-state index contributed by atoms with van der Waals surface area (Å²) in [6, 6.07) is 5.32. The van der Waals surface area contributed by atoms with E-state index in [1.807, 2.05) is 19.9 Å². The van der Waals surface area contributed by atoms with Crippen LogP contribution in [0.25, 0.3) is 0 Å². The molecule has 0 aliphatic rings. The molecule has 0 aliphatic carbocycles. The van der Waals surface area contributed by atoms with Gasteiger partial charge in [0.2, 0.25) is 0 Å². The summed E-state index contributed by atoms with van der Waals surface area (Å²) in [5.74, 6) is 0.375. The molecule has 0 saturated carbocycles. The maximum absolute atomic E-state index is 10.2. The van der Waals surface area contributed by atoms with Crippen molar-refractivity contribution in [2.24, 2.45) is 0 Å². The highest BCUT2D eigenvalue weighted by atomic mass is 16.7. The van der Waals surface area contributed by atoms with Crippen molar-refractivity contribution in [2.45, 2.75) is 13.8 Å². The molecule has 0 fully saturated rings. The lowest BCUT2D eigenvalue weighted by molar-refractivity contribution is 0.144. The highest BCUT2D eigenvalue weighted by Gasteiger charge is 2.01. The Morgan fingerprint density at radius 1 is 1.25 bits per heavy atom. The third kappa shape index (κ3) is 2.27. The minimum atomic E-state index is -1.28. The van der Waals surface area contributed by atoms with Crippen molar-refractivity contribution in [3.05, 3.63) is 29.3 Å². The second-order valence-corrected chi connectivity index (χ2v) is 2.69. The van der Waals surface area contributed by atoms with Gasteiger partial charge in [-0.2, -0.15) is 0 Å². The van der Waals surface area contributed by atoms with Gasteiger partial charge in [-0.3, -0.25) is 0 Å². The molecule has 0 spiro atoms. The van der Waals surface area contributed by atoms with Crippen LogP contribution in [0.4, 0.5) is 4.79 Å². The van der Waals surface area contributed by atoms with Gasteiger partial charge in [-0.1, -0.05) is 6.07 Å². The number of aryl methyl sites for hydroxylation is 2. The highest BCUT2D eigenvalue weighted by molar-refractivity contribution is 5.61. The Hall–Kier alpha value is -1.51. The van der Waals surface area contributed by atoms with E-state index in [0.717, 1.165) is 11.1 Å². The summed E-state index contributed by atoms with van der Waals surface area (Å²) in [6.45, 7) is 3.78. The molecule has 3 nitrogen and oxygen atoms in total. The van der Waals surface area contributed by atoms with E-state index in [1.165, 1.54) is 0 Å². The summed E-state index contributed by atoms with van der Waals surface area (Å²) < 4.78 is 4.49. The minimum absolute atomic E-state index is 0.375. The van der Waals surface area contributed by atoms with Crippen LogP contribution in [0.15, 0.2) is 18.2 Å². The third-order valence-electron chi connectivity index (χ3n) is 1.40. The van der Waals surface area contributed by atoms with Gasteiger partial charge in [0, 0.05) is 0 Å². The number of rotatable bonds is 1. The number of hydrogen-bond acceptors (Lipinski definition) is 2. The van der Waals surface area contributed by atoms with Crippen molar-refractivity contribution < 1.29 is 14.6 Å². The van der Waals surface area contributed by atoms with E-state index in [1.54, 1.807) is 12.1 Å². The van der Waals surface area contributed by atoms with Gasteiger partial charge in [0.05, 0.1) is 0 Å². The second kappa shape index (κ2) is 3.26.